The van der Waals surface area contributed by atoms with E-state index in [4.69, 9.17) is 5.11 Å². The first-order valence-electron chi connectivity index (χ1n) is 5.32. The molecule has 18 heavy (non-hydrogen) atoms. The van der Waals surface area contributed by atoms with Crippen LogP contribution in [0, 0.1) is 0 Å². The molecule has 1 aromatic heterocycles. The fraction of sp³-hybridized carbons (Fsp3) is 0.250. The molecule has 0 saturated heterocycles. The van der Waals surface area contributed by atoms with Gasteiger partial charge in [0.1, 0.15) is 0 Å². The highest BCUT2D eigenvalue weighted by atomic mass is 16.4. The van der Waals surface area contributed by atoms with Gasteiger partial charge in [-0.2, -0.15) is 5.10 Å². The first-order chi connectivity index (χ1) is 8.42. The number of carboxylic acids is 1. The van der Waals surface area contributed by atoms with E-state index in [0.29, 0.717) is 10.8 Å². The lowest BCUT2D eigenvalue weighted by molar-refractivity contribution is -0.158. The Hall–Kier alpha value is -2.21. The van der Waals surface area contributed by atoms with Crippen LogP contribution >= 0.6 is 0 Å². The molecular formula is C12H12N2O4. The van der Waals surface area contributed by atoms with Crippen molar-refractivity contribution in [3.05, 3.63) is 40.8 Å². The zero-order valence-corrected chi connectivity index (χ0v) is 9.70. The number of nitrogens with zero attached hydrogens (tertiary/aromatic N) is 2. The molecule has 94 valence electrons. The Morgan fingerprint density at radius 2 is 2.11 bits per heavy atom. The Balaban J connectivity index is 2.51. The molecule has 0 aliphatic heterocycles. The number of aliphatic carboxylic acids is 1. The Kier molecular flexibility index (Phi) is 2.88. The number of hydrogen-bond acceptors (Lipinski definition) is 4. The van der Waals surface area contributed by atoms with E-state index in [-0.39, 0.29) is 0 Å². The molecular weight excluding hydrogens is 236 g/mol. The molecule has 0 aliphatic rings. The summed E-state index contributed by atoms with van der Waals surface area (Å²) in [6, 6.07) is 6.86. The average Bonchev–Trinajstić information content (AvgIpc) is 2.33. The van der Waals surface area contributed by atoms with Crippen LogP contribution in [0.25, 0.3) is 10.8 Å². The summed E-state index contributed by atoms with van der Waals surface area (Å²) in [5, 5.41) is 23.4. The molecule has 0 radical (unpaired) electrons. The SMILES string of the molecule is CC(O)(Cn1ncc2ccccc2c1=O)C(=O)O. The standard InChI is InChI=1S/C12H12N2O4/c1-12(18,11(16)17)7-14-10(15)9-5-3-2-4-8(9)6-13-14/h2-6,18H,7H2,1H3,(H,16,17). The smallest absolute Gasteiger partial charge is 0.337 e. The van der Waals surface area contributed by atoms with Crippen LogP contribution in [0.4, 0.5) is 0 Å². The third kappa shape index (κ3) is 2.10. The topological polar surface area (TPSA) is 92.4 Å². The monoisotopic (exact) mass is 248 g/mol. The van der Waals surface area contributed by atoms with Gasteiger partial charge in [0.15, 0.2) is 5.60 Å². The number of rotatable bonds is 3. The van der Waals surface area contributed by atoms with E-state index in [2.05, 4.69) is 5.10 Å². The Labute approximate surface area is 102 Å². The van der Waals surface area contributed by atoms with Crippen LogP contribution < -0.4 is 5.56 Å². The number of hydrogen-bond donors (Lipinski definition) is 2. The molecule has 1 aromatic carbocycles. The predicted molar refractivity (Wildman–Crippen MR) is 64.3 cm³/mol. The van der Waals surface area contributed by atoms with Gasteiger partial charge in [0.2, 0.25) is 0 Å². The molecule has 2 N–H and O–H groups in total. The number of fused-ring (bicyclic) bond motifs is 1. The average molecular weight is 248 g/mol. The molecule has 6 heteroatoms. The lowest BCUT2D eigenvalue weighted by atomic mass is 10.1. The van der Waals surface area contributed by atoms with Gasteiger partial charge in [0.25, 0.3) is 5.56 Å². The largest absolute Gasteiger partial charge is 0.479 e. The second kappa shape index (κ2) is 4.23. The van der Waals surface area contributed by atoms with Crippen LogP contribution in [0.3, 0.4) is 0 Å². The van der Waals surface area contributed by atoms with E-state index < -0.39 is 23.7 Å². The third-order valence-electron chi connectivity index (χ3n) is 2.68. The van der Waals surface area contributed by atoms with Gasteiger partial charge in [0.05, 0.1) is 18.1 Å². The van der Waals surface area contributed by atoms with Gasteiger partial charge in [-0.15, -0.1) is 0 Å². The number of carbonyl (C=O) groups is 1. The maximum atomic E-state index is 12.0. The van der Waals surface area contributed by atoms with Gasteiger partial charge in [-0.25, -0.2) is 9.48 Å². The van der Waals surface area contributed by atoms with Crippen molar-refractivity contribution in [3.63, 3.8) is 0 Å². The molecule has 1 atom stereocenters. The maximum Gasteiger partial charge on any atom is 0.337 e. The second-order valence-electron chi connectivity index (χ2n) is 4.27. The predicted octanol–water partition coefficient (Wildman–Crippen LogP) is 0.232. The fourth-order valence-electron chi connectivity index (χ4n) is 1.60. The Morgan fingerprint density at radius 3 is 2.78 bits per heavy atom. The van der Waals surface area contributed by atoms with Gasteiger partial charge in [-0.1, -0.05) is 18.2 Å². The van der Waals surface area contributed by atoms with Crippen molar-refractivity contribution in [3.8, 4) is 0 Å². The Morgan fingerprint density at radius 1 is 1.44 bits per heavy atom. The molecule has 1 heterocycles. The van der Waals surface area contributed by atoms with Crippen LogP contribution in [0.1, 0.15) is 6.92 Å². The fourth-order valence-corrected chi connectivity index (χ4v) is 1.60. The molecule has 0 aliphatic carbocycles. The van der Waals surface area contributed by atoms with E-state index in [1.54, 1.807) is 24.3 Å². The molecule has 0 amide bonds. The van der Waals surface area contributed by atoms with Gasteiger partial charge in [0, 0.05) is 5.39 Å². The van der Waals surface area contributed by atoms with Crippen molar-refractivity contribution in [2.45, 2.75) is 19.1 Å². The van der Waals surface area contributed by atoms with Crippen molar-refractivity contribution in [2.75, 3.05) is 0 Å². The van der Waals surface area contributed by atoms with Crippen LogP contribution in [-0.4, -0.2) is 31.6 Å². The quantitative estimate of drug-likeness (QED) is 0.811. The molecule has 0 saturated carbocycles. The summed E-state index contributed by atoms with van der Waals surface area (Å²) in [6.07, 6.45) is 1.47. The van der Waals surface area contributed by atoms with E-state index in [0.717, 1.165) is 11.6 Å². The molecule has 0 bridgehead atoms. The molecule has 2 rings (SSSR count). The van der Waals surface area contributed by atoms with Gasteiger partial charge < -0.3 is 10.2 Å². The normalized spacial score (nSPS) is 14.3. The minimum atomic E-state index is -2.03. The summed E-state index contributed by atoms with van der Waals surface area (Å²) < 4.78 is 0.955. The molecule has 1 unspecified atom stereocenters. The summed E-state index contributed by atoms with van der Waals surface area (Å²) in [4.78, 5) is 22.8. The number of aliphatic hydroxyl groups is 1. The lowest BCUT2D eigenvalue weighted by Crippen LogP contribution is -2.43. The van der Waals surface area contributed by atoms with Crippen LogP contribution in [-0.2, 0) is 11.3 Å². The highest BCUT2D eigenvalue weighted by Gasteiger charge is 2.31. The molecule has 0 fully saturated rings. The minimum Gasteiger partial charge on any atom is -0.479 e. The van der Waals surface area contributed by atoms with Crippen LogP contribution in [0.2, 0.25) is 0 Å². The van der Waals surface area contributed by atoms with Crippen molar-refractivity contribution < 1.29 is 15.0 Å². The maximum absolute atomic E-state index is 12.0. The first-order valence-corrected chi connectivity index (χ1v) is 5.32. The molecule has 2 aromatic rings. The number of aromatic nitrogens is 2. The lowest BCUT2D eigenvalue weighted by Gasteiger charge is -2.18. The Bertz CT molecular complexity index is 660. The van der Waals surface area contributed by atoms with Crippen LogP contribution in [0.15, 0.2) is 35.3 Å². The van der Waals surface area contributed by atoms with E-state index in [9.17, 15) is 14.7 Å². The van der Waals surface area contributed by atoms with Gasteiger partial charge in [-0.05, 0) is 13.0 Å². The summed E-state index contributed by atoms with van der Waals surface area (Å²) in [6.45, 7) is 0.727. The zero-order chi connectivity index (χ0) is 13.3. The van der Waals surface area contributed by atoms with Crippen LogP contribution in [0.5, 0.6) is 0 Å². The summed E-state index contributed by atoms with van der Waals surface area (Å²) in [7, 11) is 0. The number of benzene rings is 1. The van der Waals surface area contributed by atoms with Crippen molar-refractivity contribution in [2.24, 2.45) is 0 Å². The molecule has 6 nitrogen and oxygen atoms in total. The molecule has 0 spiro atoms. The van der Waals surface area contributed by atoms with E-state index in [1.807, 2.05) is 0 Å². The zero-order valence-electron chi connectivity index (χ0n) is 9.70. The highest BCUT2D eigenvalue weighted by molar-refractivity contribution is 5.80. The van der Waals surface area contributed by atoms with Crippen molar-refractivity contribution in [1.82, 2.24) is 9.78 Å². The first kappa shape index (κ1) is 12.3. The summed E-state index contributed by atoms with van der Waals surface area (Å²) >= 11 is 0. The van der Waals surface area contributed by atoms with Gasteiger partial charge >= 0.3 is 5.97 Å². The summed E-state index contributed by atoms with van der Waals surface area (Å²) in [5.41, 5.74) is -2.45. The third-order valence-corrected chi connectivity index (χ3v) is 2.68. The minimum absolute atomic E-state index is 0.397. The number of carboxylic acid groups (broad SMARTS) is 1. The van der Waals surface area contributed by atoms with Gasteiger partial charge in [-0.3, -0.25) is 4.79 Å². The second-order valence-corrected chi connectivity index (χ2v) is 4.27. The van der Waals surface area contributed by atoms with E-state index in [1.165, 1.54) is 6.20 Å². The summed E-state index contributed by atoms with van der Waals surface area (Å²) in [5.74, 6) is -1.40. The van der Waals surface area contributed by atoms with Crippen molar-refractivity contribution in [1.29, 1.82) is 0 Å². The van der Waals surface area contributed by atoms with E-state index >= 15 is 0 Å². The van der Waals surface area contributed by atoms with Crippen molar-refractivity contribution >= 4 is 16.7 Å². The highest BCUT2D eigenvalue weighted by Crippen LogP contribution is 2.09.